The van der Waals surface area contributed by atoms with Gasteiger partial charge >= 0.3 is 5.97 Å². The molecule has 0 spiro atoms. The van der Waals surface area contributed by atoms with Gasteiger partial charge in [0, 0.05) is 30.6 Å². The molecule has 200 valence electrons. The minimum absolute atomic E-state index is 0.0940. The van der Waals surface area contributed by atoms with Gasteiger partial charge < -0.3 is 9.67 Å². The molecule has 4 atom stereocenters. The van der Waals surface area contributed by atoms with Gasteiger partial charge in [-0.3, -0.25) is 14.5 Å². The van der Waals surface area contributed by atoms with Gasteiger partial charge in [0.15, 0.2) is 0 Å². The smallest absolute Gasteiger partial charge is 0.311 e. The van der Waals surface area contributed by atoms with Crippen molar-refractivity contribution in [2.75, 3.05) is 0 Å². The molecule has 6 nitrogen and oxygen atoms in total. The van der Waals surface area contributed by atoms with Gasteiger partial charge in [0.25, 0.3) is 5.56 Å². The maximum absolute atomic E-state index is 14.1. The largest absolute Gasteiger partial charge is 0.481 e. The van der Waals surface area contributed by atoms with Gasteiger partial charge in [0.1, 0.15) is 5.69 Å². The summed E-state index contributed by atoms with van der Waals surface area (Å²) in [6, 6.07) is 18.9. The van der Waals surface area contributed by atoms with Crippen LogP contribution in [0.15, 0.2) is 59.4 Å². The van der Waals surface area contributed by atoms with E-state index in [1.807, 2.05) is 59.2 Å². The van der Waals surface area contributed by atoms with Gasteiger partial charge in [-0.1, -0.05) is 74.6 Å². The molecule has 0 radical (unpaired) electrons. The molecule has 2 aromatic carbocycles. The highest BCUT2D eigenvalue weighted by Gasteiger charge is 2.44. The predicted octanol–water partition coefficient (Wildman–Crippen LogP) is 6.09. The zero-order chi connectivity index (χ0) is 26.1. The molecular formula is C32H39N3O3. The third-order valence-corrected chi connectivity index (χ3v) is 9.39. The van der Waals surface area contributed by atoms with Crippen LogP contribution in [0.5, 0.6) is 0 Å². The number of nitrogens with zero attached hydrogens (tertiary/aromatic N) is 3. The van der Waals surface area contributed by atoms with E-state index in [1.165, 1.54) is 57.8 Å². The molecule has 2 aliphatic heterocycles. The second-order valence-electron chi connectivity index (χ2n) is 11.7. The van der Waals surface area contributed by atoms with E-state index < -0.39 is 11.9 Å². The second kappa shape index (κ2) is 11.0. The zero-order valence-electron chi connectivity index (χ0n) is 22.2. The van der Waals surface area contributed by atoms with Crippen LogP contribution in [0.2, 0.25) is 0 Å². The van der Waals surface area contributed by atoms with Crippen molar-refractivity contribution in [1.82, 2.24) is 14.5 Å². The van der Waals surface area contributed by atoms with Gasteiger partial charge in [0.05, 0.1) is 17.0 Å². The standard InChI is InChI=1S/C32H39N3O3/c36-31-29(21-27(32(37)38)22-11-5-4-6-12-22)33-28-15-9-10-16-30(28)35(31)26-19-24-17-18-25(20-26)34(24)23-13-7-2-1-3-8-14-23/h4-6,9-12,15-16,23-27H,1-3,7-8,13-14,17-21H2,(H,37,38)/t24-,25+,26?,27-/m0/s1. The number of para-hydroxylation sites is 2. The van der Waals surface area contributed by atoms with E-state index in [0.717, 1.165) is 23.9 Å². The number of aromatic nitrogens is 2. The summed E-state index contributed by atoms with van der Waals surface area (Å²) in [5.41, 5.74) is 2.58. The summed E-state index contributed by atoms with van der Waals surface area (Å²) in [7, 11) is 0. The fourth-order valence-electron chi connectivity index (χ4n) is 7.65. The topological polar surface area (TPSA) is 75.4 Å². The Morgan fingerprint density at radius 1 is 0.816 bits per heavy atom. The lowest BCUT2D eigenvalue weighted by molar-refractivity contribution is -0.138. The van der Waals surface area contributed by atoms with Crippen molar-refractivity contribution in [1.29, 1.82) is 0 Å². The van der Waals surface area contributed by atoms with Crippen molar-refractivity contribution >= 4 is 17.0 Å². The minimum atomic E-state index is -0.928. The molecule has 6 heteroatoms. The fourth-order valence-corrected chi connectivity index (χ4v) is 7.65. The number of hydrogen-bond acceptors (Lipinski definition) is 4. The van der Waals surface area contributed by atoms with Crippen LogP contribution in [-0.2, 0) is 11.2 Å². The van der Waals surface area contributed by atoms with Crippen molar-refractivity contribution in [2.24, 2.45) is 0 Å². The maximum Gasteiger partial charge on any atom is 0.311 e. The molecule has 2 bridgehead atoms. The van der Waals surface area contributed by atoms with Crippen LogP contribution in [0.3, 0.4) is 0 Å². The monoisotopic (exact) mass is 513 g/mol. The van der Waals surface area contributed by atoms with Crippen LogP contribution in [0, 0.1) is 0 Å². The van der Waals surface area contributed by atoms with Crippen LogP contribution in [0.1, 0.15) is 93.8 Å². The third-order valence-electron chi connectivity index (χ3n) is 9.39. The van der Waals surface area contributed by atoms with Gasteiger partial charge in [-0.05, 0) is 56.2 Å². The molecule has 1 aliphatic carbocycles. The number of piperidine rings is 1. The first kappa shape index (κ1) is 25.3. The highest BCUT2D eigenvalue weighted by molar-refractivity contribution is 5.77. The molecule has 0 amide bonds. The number of benzene rings is 2. The Kier molecular flexibility index (Phi) is 7.33. The number of fused-ring (bicyclic) bond motifs is 3. The first-order valence-corrected chi connectivity index (χ1v) is 14.7. The second-order valence-corrected chi connectivity index (χ2v) is 11.7. The van der Waals surface area contributed by atoms with E-state index in [-0.39, 0.29) is 18.0 Å². The third kappa shape index (κ3) is 4.91. The van der Waals surface area contributed by atoms with E-state index in [2.05, 4.69) is 4.90 Å². The van der Waals surface area contributed by atoms with Gasteiger partial charge in [0.2, 0.25) is 0 Å². The molecule has 1 N–H and O–H groups in total. The zero-order valence-corrected chi connectivity index (χ0v) is 22.2. The Hall–Kier alpha value is -2.99. The summed E-state index contributed by atoms with van der Waals surface area (Å²) in [6.07, 6.45) is 13.9. The molecule has 1 saturated carbocycles. The summed E-state index contributed by atoms with van der Waals surface area (Å²) >= 11 is 0. The normalized spacial score (nSPS) is 25.6. The maximum atomic E-state index is 14.1. The number of hydrogen-bond donors (Lipinski definition) is 1. The van der Waals surface area contributed by atoms with Crippen LogP contribution in [0.4, 0.5) is 0 Å². The summed E-state index contributed by atoms with van der Waals surface area (Å²) in [4.78, 5) is 33.9. The van der Waals surface area contributed by atoms with Crippen molar-refractivity contribution in [3.63, 3.8) is 0 Å². The van der Waals surface area contributed by atoms with Gasteiger partial charge in [-0.25, -0.2) is 4.98 Å². The molecule has 3 aromatic rings. The van der Waals surface area contributed by atoms with Crippen LogP contribution in [0.25, 0.3) is 11.0 Å². The molecule has 6 rings (SSSR count). The molecule has 2 saturated heterocycles. The predicted molar refractivity (Wildman–Crippen MR) is 150 cm³/mol. The van der Waals surface area contributed by atoms with E-state index in [0.29, 0.717) is 29.4 Å². The molecule has 3 heterocycles. The lowest BCUT2D eigenvalue weighted by Gasteiger charge is -2.45. The summed E-state index contributed by atoms with van der Waals surface area (Å²) in [6.45, 7) is 0. The highest BCUT2D eigenvalue weighted by Crippen LogP contribution is 2.44. The molecule has 3 fully saturated rings. The molecule has 3 aliphatic rings. The number of aliphatic carboxylic acids is 1. The van der Waals surface area contributed by atoms with E-state index >= 15 is 0 Å². The highest BCUT2D eigenvalue weighted by atomic mass is 16.4. The SMILES string of the molecule is O=C(O)[C@@H](Cc1nc2ccccc2n(C2C[C@H]3CC[C@@H](C2)N3C2CCCCCCC2)c1=O)c1ccccc1. The van der Waals surface area contributed by atoms with E-state index in [1.54, 1.807) is 0 Å². The first-order valence-electron chi connectivity index (χ1n) is 14.7. The summed E-state index contributed by atoms with van der Waals surface area (Å²) in [5.74, 6) is -1.73. The van der Waals surface area contributed by atoms with E-state index in [4.69, 9.17) is 4.98 Å². The van der Waals surface area contributed by atoms with Gasteiger partial charge in [-0.2, -0.15) is 0 Å². The molecular weight excluding hydrogens is 474 g/mol. The van der Waals surface area contributed by atoms with Gasteiger partial charge in [-0.15, -0.1) is 0 Å². The molecule has 1 unspecified atom stereocenters. The van der Waals surface area contributed by atoms with Crippen LogP contribution < -0.4 is 5.56 Å². The minimum Gasteiger partial charge on any atom is -0.481 e. The van der Waals surface area contributed by atoms with Crippen molar-refractivity contribution in [2.45, 2.75) is 107 Å². The first-order chi connectivity index (χ1) is 18.6. The average molecular weight is 514 g/mol. The Labute approximate surface area is 224 Å². The Balaban J connectivity index is 1.33. The molecule has 38 heavy (non-hydrogen) atoms. The summed E-state index contributed by atoms with van der Waals surface area (Å²) < 4.78 is 1.99. The number of carboxylic acid groups (broad SMARTS) is 1. The van der Waals surface area contributed by atoms with Crippen LogP contribution >= 0.6 is 0 Å². The number of carbonyl (C=O) groups is 1. The Morgan fingerprint density at radius 3 is 2.13 bits per heavy atom. The van der Waals surface area contributed by atoms with E-state index in [9.17, 15) is 14.7 Å². The quantitative estimate of drug-likeness (QED) is 0.432. The van der Waals surface area contributed by atoms with Crippen molar-refractivity contribution in [3.8, 4) is 0 Å². The lowest BCUT2D eigenvalue weighted by atomic mass is 9.89. The fraction of sp³-hybridized carbons (Fsp3) is 0.531. The van der Waals surface area contributed by atoms with Crippen molar-refractivity contribution in [3.05, 3.63) is 76.2 Å². The summed E-state index contributed by atoms with van der Waals surface area (Å²) in [5, 5.41) is 10.0. The Morgan fingerprint density at radius 2 is 1.45 bits per heavy atom. The number of rotatable bonds is 6. The van der Waals surface area contributed by atoms with Crippen LogP contribution in [-0.4, -0.2) is 43.7 Å². The number of carboxylic acids is 1. The Bertz CT molecular complexity index is 1310. The lowest BCUT2D eigenvalue weighted by Crippen LogP contribution is -2.50. The van der Waals surface area contributed by atoms with Crippen molar-refractivity contribution < 1.29 is 9.90 Å². The molecule has 1 aromatic heterocycles. The average Bonchev–Trinajstić information content (AvgIpc) is 3.16.